The fraction of sp³-hybridized carbons (Fsp3) is 0.333. The zero-order valence-electron chi connectivity index (χ0n) is 15.5. The molecule has 0 aromatic heterocycles. The van der Waals surface area contributed by atoms with E-state index < -0.39 is 6.04 Å². The van der Waals surface area contributed by atoms with E-state index in [1.165, 1.54) is 0 Å². The molecule has 1 atom stereocenters. The highest BCUT2D eigenvalue weighted by Crippen LogP contribution is 2.24. The number of likely N-dealkylation sites (N-methyl/N-ethyl adjacent to an activating group) is 1. The fourth-order valence-electron chi connectivity index (χ4n) is 2.96. The number of rotatable bonds is 8. The van der Waals surface area contributed by atoms with Gasteiger partial charge in [-0.25, -0.2) is 0 Å². The van der Waals surface area contributed by atoms with Gasteiger partial charge in [0.15, 0.2) is 0 Å². The molecule has 1 unspecified atom stereocenters. The van der Waals surface area contributed by atoms with E-state index in [9.17, 15) is 9.59 Å². The van der Waals surface area contributed by atoms with E-state index in [1.807, 2.05) is 37.3 Å². The largest absolute Gasteiger partial charge is 0.357 e. The molecule has 2 amide bonds. The first kappa shape index (κ1) is 21.3. The van der Waals surface area contributed by atoms with E-state index >= 15 is 0 Å². The standard InChI is InChI=1S/C21H24Cl2N2O2/c1-3-19(21(27)24-2)25(14-16-10-11-17(22)13-18(16)23)20(26)12-9-15-7-5-4-6-8-15/h4-8,10-11,13,19H,3,9,12,14H2,1-2H3,(H,24,27). The molecule has 0 aliphatic rings. The Bertz CT molecular complexity index is 781. The summed E-state index contributed by atoms with van der Waals surface area (Å²) in [7, 11) is 1.58. The molecule has 2 aromatic carbocycles. The third kappa shape index (κ3) is 5.98. The normalized spacial score (nSPS) is 11.7. The van der Waals surface area contributed by atoms with Gasteiger partial charge >= 0.3 is 0 Å². The predicted molar refractivity (Wildman–Crippen MR) is 110 cm³/mol. The van der Waals surface area contributed by atoms with Crippen molar-refractivity contribution in [3.8, 4) is 0 Å². The minimum atomic E-state index is -0.551. The molecule has 0 bridgehead atoms. The van der Waals surface area contributed by atoms with Crippen LogP contribution in [0.5, 0.6) is 0 Å². The number of carbonyl (C=O) groups excluding carboxylic acids is 2. The van der Waals surface area contributed by atoms with Crippen molar-refractivity contribution in [2.45, 2.75) is 38.8 Å². The van der Waals surface area contributed by atoms with Gasteiger partial charge in [-0.1, -0.05) is 66.5 Å². The number of nitrogens with one attached hydrogen (secondary N) is 1. The van der Waals surface area contributed by atoms with Crippen LogP contribution >= 0.6 is 23.2 Å². The van der Waals surface area contributed by atoms with Gasteiger partial charge in [0.25, 0.3) is 0 Å². The Morgan fingerprint density at radius 3 is 2.41 bits per heavy atom. The van der Waals surface area contributed by atoms with E-state index in [0.717, 1.165) is 11.1 Å². The van der Waals surface area contributed by atoms with Gasteiger partial charge in [0.1, 0.15) is 6.04 Å². The van der Waals surface area contributed by atoms with E-state index in [0.29, 0.717) is 29.3 Å². The summed E-state index contributed by atoms with van der Waals surface area (Å²) in [6.45, 7) is 2.15. The summed E-state index contributed by atoms with van der Waals surface area (Å²) in [6, 6.07) is 14.4. The second-order valence-corrected chi connectivity index (χ2v) is 7.12. The number of hydrogen-bond acceptors (Lipinski definition) is 2. The first-order valence-corrected chi connectivity index (χ1v) is 9.70. The molecule has 2 aromatic rings. The first-order chi connectivity index (χ1) is 13.0. The number of hydrogen-bond donors (Lipinski definition) is 1. The quantitative estimate of drug-likeness (QED) is 0.702. The van der Waals surface area contributed by atoms with Crippen LogP contribution in [-0.2, 0) is 22.6 Å². The van der Waals surface area contributed by atoms with Gasteiger partial charge in [0.2, 0.25) is 11.8 Å². The molecule has 0 saturated heterocycles. The zero-order valence-corrected chi connectivity index (χ0v) is 17.1. The molecule has 27 heavy (non-hydrogen) atoms. The number of nitrogens with zero attached hydrogens (tertiary/aromatic N) is 1. The van der Waals surface area contributed by atoms with E-state index in [4.69, 9.17) is 23.2 Å². The lowest BCUT2D eigenvalue weighted by Crippen LogP contribution is -2.48. The molecule has 0 fully saturated rings. The lowest BCUT2D eigenvalue weighted by atomic mass is 10.1. The Morgan fingerprint density at radius 2 is 1.81 bits per heavy atom. The Balaban J connectivity index is 2.22. The summed E-state index contributed by atoms with van der Waals surface area (Å²) < 4.78 is 0. The Hall–Kier alpha value is -2.04. The maximum atomic E-state index is 13.0. The van der Waals surface area contributed by atoms with Crippen LogP contribution in [0.25, 0.3) is 0 Å². The van der Waals surface area contributed by atoms with Gasteiger partial charge in [-0.15, -0.1) is 0 Å². The first-order valence-electron chi connectivity index (χ1n) is 8.95. The zero-order chi connectivity index (χ0) is 19.8. The van der Waals surface area contributed by atoms with Crippen LogP contribution in [-0.4, -0.2) is 29.8 Å². The van der Waals surface area contributed by atoms with E-state index in [-0.39, 0.29) is 18.4 Å². The van der Waals surface area contributed by atoms with Crippen molar-refractivity contribution in [3.05, 3.63) is 69.7 Å². The van der Waals surface area contributed by atoms with Gasteiger partial charge in [-0.3, -0.25) is 9.59 Å². The van der Waals surface area contributed by atoms with Crippen LogP contribution in [0.2, 0.25) is 10.0 Å². The average molecular weight is 407 g/mol. The molecule has 0 aliphatic heterocycles. The van der Waals surface area contributed by atoms with Crippen LogP contribution in [0, 0.1) is 0 Å². The SMILES string of the molecule is CCC(C(=O)NC)N(Cc1ccc(Cl)cc1Cl)C(=O)CCc1ccccc1. The monoisotopic (exact) mass is 406 g/mol. The second-order valence-electron chi connectivity index (χ2n) is 6.28. The molecule has 2 rings (SSSR count). The highest BCUT2D eigenvalue weighted by molar-refractivity contribution is 6.35. The average Bonchev–Trinajstić information content (AvgIpc) is 2.68. The molecule has 0 aliphatic carbocycles. The van der Waals surface area contributed by atoms with E-state index in [1.54, 1.807) is 30.1 Å². The molecular formula is C21H24Cl2N2O2. The number of aryl methyl sites for hydroxylation is 1. The molecule has 0 saturated carbocycles. The van der Waals surface area contributed by atoms with Crippen molar-refractivity contribution in [1.29, 1.82) is 0 Å². The second kappa shape index (κ2) is 10.3. The summed E-state index contributed by atoms with van der Waals surface area (Å²) in [5.41, 5.74) is 1.85. The molecule has 0 heterocycles. The summed E-state index contributed by atoms with van der Waals surface area (Å²) in [5.74, 6) is -0.268. The minimum absolute atomic E-state index is 0.0830. The lowest BCUT2D eigenvalue weighted by Gasteiger charge is -2.30. The molecule has 0 radical (unpaired) electrons. The highest BCUT2D eigenvalue weighted by Gasteiger charge is 2.28. The number of halogens is 2. The maximum absolute atomic E-state index is 13.0. The third-order valence-corrected chi connectivity index (χ3v) is 5.05. The van der Waals surface area contributed by atoms with Crippen molar-refractivity contribution < 1.29 is 9.59 Å². The van der Waals surface area contributed by atoms with Crippen LogP contribution < -0.4 is 5.32 Å². The summed E-state index contributed by atoms with van der Waals surface area (Å²) >= 11 is 12.3. The van der Waals surface area contributed by atoms with Crippen molar-refractivity contribution >= 4 is 35.0 Å². The van der Waals surface area contributed by atoms with Crippen LogP contribution in [0.1, 0.15) is 30.9 Å². The van der Waals surface area contributed by atoms with Gasteiger partial charge in [0.05, 0.1) is 0 Å². The highest BCUT2D eigenvalue weighted by atomic mass is 35.5. The maximum Gasteiger partial charge on any atom is 0.242 e. The Morgan fingerprint density at radius 1 is 1.11 bits per heavy atom. The van der Waals surface area contributed by atoms with Crippen molar-refractivity contribution in [2.24, 2.45) is 0 Å². The fourth-order valence-corrected chi connectivity index (χ4v) is 3.43. The van der Waals surface area contributed by atoms with Crippen molar-refractivity contribution in [3.63, 3.8) is 0 Å². The molecule has 0 spiro atoms. The van der Waals surface area contributed by atoms with E-state index in [2.05, 4.69) is 5.32 Å². The summed E-state index contributed by atoms with van der Waals surface area (Å²) in [6.07, 6.45) is 1.46. The third-order valence-electron chi connectivity index (χ3n) is 4.46. The topological polar surface area (TPSA) is 49.4 Å². The molecule has 6 heteroatoms. The van der Waals surface area contributed by atoms with Crippen LogP contribution in [0.4, 0.5) is 0 Å². The minimum Gasteiger partial charge on any atom is -0.357 e. The molecular weight excluding hydrogens is 383 g/mol. The molecule has 1 N–H and O–H groups in total. The summed E-state index contributed by atoms with van der Waals surface area (Å²) in [4.78, 5) is 26.9. The van der Waals surface area contributed by atoms with Gasteiger partial charge in [0, 0.05) is 30.1 Å². The molecule has 144 valence electrons. The van der Waals surface area contributed by atoms with Crippen LogP contribution in [0.15, 0.2) is 48.5 Å². The lowest BCUT2D eigenvalue weighted by molar-refractivity contribution is -0.141. The number of benzene rings is 2. The smallest absolute Gasteiger partial charge is 0.242 e. The molecule has 4 nitrogen and oxygen atoms in total. The van der Waals surface area contributed by atoms with Gasteiger partial charge < -0.3 is 10.2 Å². The summed E-state index contributed by atoms with van der Waals surface area (Å²) in [5, 5.41) is 3.66. The Kier molecular flexibility index (Phi) is 8.14. The Labute approximate surface area is 170 Å². The van der Waals surface area contributed by atoms with Crippen LogP contribution in [0.3, 0.4) is 0 Å². The van der Waals surface area contributed by atoms with Gasteiger partial charge in [-0.05, 0) is 36.1 Å². The number of amides is 2. The van der Waals surface area contributed by atoms with Crippen molar-refractivity contribution in [2.75, 3.05) is 7.05 Å². The predicted octanol–water partition coefficient (Wildman–Crippen LogP) is 4.48. The van der Waals surface area contributed by atoms with Crippen molar-refractivity contribution in [1.82, 2.24) is 10.2 Å². The number of carbonyl (C=O) groups is 2. The van der Waals surface area contributed by atoms with Gasteiger partial charge in [-0.2, -0.15) is 0 Å².